The molecule has 0 aromatic heterocycles. The number of carboxylic acids is 1. The van der Waals surface area contributed by atoms with Gasteiger partial charge in [-0.15, -0.1) is 0 Å². The van der Waals surface area contributed by atoms with E-state index in [1.54, 1.807) is 0 Å². The van der Waals surface area contributed by atoms with Crippen LogP contribution in [0.25, 0.3) is 0 Å². The van der Waals surface area contributed by atoms with Crippen molar-refractivity contribution in [2.24, 2.45) is 11.8 Å². The predicted molar refractivity (Wildman–Crippen MR) is 85.5 cm³/mol. The van der Waals surface area contributed by atoms with Crippen LogP contribution in [0.1, 0.15) is 58.3 Å². The average molecular weight is 296 g/mol. The first-order valence-electron chi connectivity index (χ1n) is 8.85. The topological polar surface area (TPSA) is 52.6 Å². The first kappa shape index (κ1) is 16.8. The number of hydrogen-bond donors (Lipinski definition) is 2. The molecule has 1 saturated heterocycles. The van der Waals surface area contributed by atoms with E-state index in [4.69, 9.17) is 5.11 Å². The summed E-state index contributed by atoms with van der Waals surface area (Å²) in [7, 11) is 0. The molecule has 0 aromatic rings. The van der Waals surface area contributed by atoms with Crippen LogP contribution in [0.15, 0.2) is 0 Å². The Bertz CT molecular complexity index is 316. The number of likely N-dealkylation sites (tertiary alicyclic amines) is 1. The van der Waals surface area contributed by atoms with E-state index < -0.39 is 5.97 Å². The van der Waals surface area contributed by atoms with Crippen LogP contribution in [0.2, 0.25) is 0 Å². The Labute approximate surface area is 129 Å². The lowest BCUT2D eigenvalue weighted by Crippen LogP contribution is -2.50. The number of nitrogens with one attached hydrogen (secondary N) is 1. The molecular weight excluding hydrogens is 264 g/mol. The van der Waals surface area contributed by atoms with Gasteiger partial charge >= 0.3 is 5.97 Å². The quantitative estimate of drug-likeness (QED) is 0.723. The molecule has 1 saturated carbocycles. The fourth-order valence-electron chi connectivity index (χ4n) is 4.05. The van der Waals surface area contributed by atoms with Gasteiger partial charge < -0.3 is 15.3 Å². The standard InChI is InChI=1S/C17H32N2O2/c1-2-5-15-10-16(18-11-14-6-3-4-7-14)13-19(12-15)9-8-17(20)21/h14-16,18H,2-13H2,1H3,(H,20,21). The second kappa shape index (κ2) is 8.74. The zero-order valence-electron chi connectivity index (χ0n) is 13.5. The fourth-order valence-corrected chi connectivity index (χ4v) is 4.05. The molecule has 0 bridgehead atoms. The number of aliphatic carboxylic acids is 1. The molecule has 2 unspecified atom stereocenters. The van der Waals surface area contributed by atoms with Crippen molar-refractivity contribution in [3.8, 4) is 0 Å². The number of carboxylic acid groups (broad SMARTS) is 1. The van der Waals surface area contributed by atoms with Crippen molar-refractivity contribution in [2.75, 3.05) is 26.2 Å². The van der Waals surface area contributed by atoms with Crippen LogP contribution in [0.4, 0.5) is 0 Å². The van der Waals surface area contributed by atoms with Gasteiger partial charge in [-0.25, -0.2) is 0 Å². The molecule has 0 spiro atoms. The summed E-state index contributed by atoms with van der Waals surface area (Å²) in [6.45, 7) is 6.23. The van der Waals surface area contributed by atoms with Gasteiger partial charge in [0.05, 0.1) is 6.42 Å². The van der Waals surface area contributed by atoms with Gasteiger partial charge in [0.25, 0.3) is 0 Å². The molecule has 4 nitrogen and oxygen atoms in total. The van der Waals surface area contributed by atoms with Crippen molar-refractivity contribution in [1.82, 2.24) is 10.2 Å². The van der Waals surface area contributed by atoms with Crippen molar-refractivity contribution in [1.29, 1.82) is 0 Å². The second-order valence-corrected chi connectivity index (χ2v) is 7.05. The van der Waals surface area contributed by atoms with E-state index in [-0.39, 0.29) is 6.42 Å². The molecule has 1 aliphatic heterocycles. The molecule has 0 amide bonds. The Kier molecular flexibility index (Phi) is 6.97. The number of hydrogen-bond acceptors (Lipinski definition) is 3. The van der Waals surface area contributed by atoms with Crippen LogP contribution in [-0.4, -0.2) is 48.2 Å². The number of piperidine rings is 1. The zero-order valence-corrected chi connectivity index (χ0v) is 13.5. The summed E-state index contributed by atoms with van der Waals surface area (Å²) in [5.74, 6) is 0.936. The molecule has 2 rings (SSSR count). The van der Waals surface area contributed by atoms with Gasteiger partial charge in [0, 0.05) is 25.7 Å². The van der Waals surface area contributed by atoms with E-state index >= 15 is 0 Å². The third kappa shape index (κ3) is 5.95. The van der Waals surface area contributed by atoms with Gasteiger partial charge in [-0.05, 0) is 44.1 Å². The van der Waals surface area contributed by atoms with Crippen LogP contribution in [0.3, 0.4) is 0 Å². The highest BCUT2D eigenvalue weighted by Crippen LogP contribution is 2.25. The lowest BCUT2D eigenvalue weighted by molar-refractivity contribution is -0.137. The molecule has 0 aromatic carbocycles. The van der Waals surface area contributed by atoms with E-state index in [0.29, 0.717) is 12.6 Å². The van der Waals surface area contributed by atoms with Gasteiger partial charge in [-0.3, -0.25) is 4.79 Å². The van der Waals surface area contributed by atoms with Crippen molar-refractivity contribution in [3.05, 3.63) is 0 Å². The maximum Gasteiger partial charge on any atom is 0.304 e. The highest BCUT2D eigenvalue weighted by molar-refractivity contribution is 5.66. The summed E-state index contributed by atoms with van der Waals surface area (Å²) < 4.78 is 0. The van der Waals surface area contributed by atoms with E-state index in [1.807, 2.05) is 0 Å². The van der Waals surface area contributed by atoms with E-state index in [0.717, 1.165) is 31.5 Å². The van der Waals surface area contributed by atoms with Crippen LogP contribution in [0.5, 0.6) is 0 Å². The monoisotopic (exact) mass is 296 g/mol. The van der Waals surface area contributed by atoms with Crippen LogP contribution in [-0.2, 0) is 4.79 Å². The lowest BCUT2D eigenvalue weighted by Gasteiger charge is -2.38. The van der Waals surface area contributed by atoms with Crippen molar-refractivity contribution in [2.45, 2.75) is 64.3 Å². The molecule has 21 heavy (non-hydrogen) atoms. The normalized spacial score (nSPS) is 28.0. The summed E-state index contributed by atoms with van der Waals surface area (Å²) in [6.07, 6.45) is 9.62. The number of rotatable bonds is 8. The Morgan fingerprint density at radius 3 is 2.67 bits per heavy atom. The fraction of sp³-hybridized carbons (Fsp3) is 0.941. The molecule has 122 valence electrons. The van der Waals surface area contributed by atoms with Crippen LogP contribution < -0.4 is 5.32 Å². The number of nitrogens with zero attached hydrogens (tertiary/aromatic N) is 1. The minimum atomic E-state index is -0.678. The van der Waals surface area contributed by atoms with Crippen molar-refractivity contribution in [3.63, 3.8) is 0 Å². The molecule has 2 N–H and O–H groups in total. The summed E-state index contributed by atoms with van der Waals surface area (Å²) >= 11 is 0. The molecule has 1 heterocycles. The summed E-state index contributed by atoms with van der Waals surface area (Å²) in [5, 5.41) is 12.7. The van der Waals surface area contributed by atoms with Gasteiger partial charge in [0.1, 0.15) is 0 Å². The SMILES string of the molecule is CCCC1CC(NCC2CCCC2)CN(CCC(=O)O)C1. The predicted octanol–water partition coefficient (Wildman–Crippen LogP) is 2.73. The summed E-state index contributed by atoms with van der Waals surface area (Å²) in [5.41, 5.74) is 0. The van der Waals surface area contributed by atoms with E-state index in [9.17, 15) is 4.79 Å². The maximum absolute atomic E-state index is 10.8. The smallest absolute Gasteiger partial charge is 0.304 e. The van der Waals surface area contributed by atoms with E-state index in [1.165, 1.54) is 44.9 Å². The molecular formula is C17H32N2O2. The highest BCUT2D eigenvalue weighted by Gasteiger charge is 2.27. The minimum absolute atomic E-state index is 0.272. The summed E-state index contributed by atoms with van der Waals surface area (Å²) in [6, 6.07) is 0.560. The Morgan fingerprint density at radius 1 is 1.24 bits per heavy atom. The number of carbonyl (C=O) groups is 1. The zero-order chi connectivity index (χ0) is 15.1. The van der Waals surface area contributed by atoms with E-state index in [2.05, 4.69) is 17.1 Å². The Morgan fingerprint density at radius 2 is 2.00 bits per heavy atom. The molecule has 4 heteroatoms. The molecule has 1 aliphatic carbocycles. The molecule has 2 aliphatic rings. The van der Waals surface area contributed by atoms with Crippen molar-refractivity contribution < 1.29 is 9.90 Å². The Balaban J connectivity index is 1.78. The highest BCUT2D eigenvalue weighted by atomic mass is 16.4. The summed E-state index contributed by atoms with van der Waals surface area (Å²) in [4.78, 5) is 13.2. The third-order valence-corrected chi connectivity index (χ3v) is 5.12. The van der Waals surface area contributed by atoms with Gasteiger partial charge in [0.15, 0.2) is 0 Å². The average Bonchev–Trinajstić information content (AvgIpc) is 2.96. The first-order valence-corrected chi connectivity index (χ1v) is 8.85. The minimum Gasteiger partial charge on any atom is -0.481 e. The van der Waals surface area contributed by atoms with Crippen LogP contribution >= 0.6 is 0 Å². The second-order valence-electron chi connectivity index (χ2n) is 7.05. The Hall–Kier alpha value is -0.610. The molecule has 0 radical (unpaired) electrons. The van der Waals surface area contributed by atoms with Gasteiger partial charge in [0.2, 0.25) is 0 Å². The van der Waals surface area contributed by atoms with Crippen LogP contribution in [0, 0.1) is 11.8 Å². The third-order valence-electron chi connectivity index (χ3n) is 5.12. The van der Waals surface area contributed by atoms with Gasteiger partial charge in [-0.1, -0.05) is 26.2 Å². The largest absolute Gasteiger partial charge is 0.481 e. The maximum atomic E-state index is 10.8. The first-order chi connectivity index (χ1) is 10.2. The lowest BCUT2D eigenvalue weighted by atomic mass is 9.90. The van der Waals surface area contributed by atoms with Crippen molar-refractivity contribution >= 4 is 5.97 Å². The molecule has 2 fully saturated rings. The molecule has 2 atom stereocenters. The van der Waals surface area contributed by atoms with Gasteiger partial charge in [-0.2, -0.15) is 0 Å².